The van der Waals surface area contributed by atoms with Crippen LogP contribution in [0.1, 0.15) is 17.4 Å². The molecule has 1 aromatic carbocycles. The molecule has 0 amide bonds. The van der Waals surface area contributed by atoms with Crippen LogP contribution >= 0.6 is 0 Å². The first-order chi connectivity index (χ1) is 7.36. The van der Waals surface area contributed by atoms with E-state index >= 15 is 0 Å². The van der Waals surface area contributed by atoms with Gasteiger partial charge < -0.3 is 9.52 Å². The monoisotopic (exact) mass is 200 g/mol. The van der Waals surface area contributed by atoms with Crippen molar-refractivity contribution in [2.24, 2.45) is 0 Å². The maximum absolute atomic E-state index is 9.69. The van der Waals surface area contributed by atoms with E-state index < -0.39 is 6.10 Å². The van der Waals surface area contributed by atoms with Gasteiger partial charge in [-0.15, -0.1) is 0 Å². The molecule has 1 heterocycles. The van der Waals surface area contributed by atoms with Crippen molar-refractivity contribution in [1.29, 1.82) is 0 Å². The zero-order valence-corrected chi connectivity index (χ0v) is 8.21. The first kappa shape index (κ1) is 9.74. The second kappa shape index (κ2) is 4.62. The minimum absolute atomic E-state index is 0.558. The van der Waals surface area contributed by atoms with Crippen LogP contribution in [0.3, 0.4) is 0 Å². The lowest BCUT2D eigenvalue weighted by Gasteiger charge is -2.00. The second-order valence-corrected chi connectivity index (χ2v) is 3.23. The van der Waals surface area contributed by atoms with Crippen LogP contribution in [0.5, 0.6) is 0 Å². The van der Waals surface area contributed by atoms with Gasteiger partial charge in [0.25, 0.3) is 0 Å². The van der Waals surface area contributed by atoms with Crippen molar-refractivity contribution in [3.05, 3.63) is 66.1 Å². The fraction of sp³-hybridized carbons (Fsp3) is 0.0769. The molecule has 2 heteroatoms. The normalized spacial score (nSPS) is 13.1. The van der Waals surface area contributed by atoms with Gasteiger partial charge in [-0.05, 0) is 23.8 Å². The number of benzene rings is 1. The predicted molar refractivity (Wildman–Crippen MR) is 59.1 cm³/mol. The van der Waals surface area contributed by atoms with Gasteiger partial charge in [0, 0.05) is 0 Å². The van der Waals surface area contributed by atoms with E-state index in [1.165, 1.54) is 0 Å². The highest BCUT2D eigenvalue weighted by Crippen LogP contribution is 2.15. The molecule has 76 valence electrons. The van der Waals surface area contributed by atoms with E-state index in [1.54, 1.807) is 24.5 Å². The van der Waals surface area contributed by atoms with Crippen LogP contribution in [0.25, 0.3) is 6.08 Å². The Morgan fingerprint density at radius 3 is 2.53 bits per heavy atom. The summed E-state index contributed by atoms with van der Waals surface area (Å²) in [5.74, 6) is 0.558. The lowest BCUT2D eigenvalue weighted by Crippen LogP contribution is -1.89. The second-order valence-electron chi connectivity index (χ2n) is 3.23. The van der Waals surface area contributed by atoms with E-state index in [1.807, 2.05) is 36.4 Å². The van der Waals surface area contributed by atoms with Gasteiger partial charge in [-0.2, -0.15) is 0 Å². The Bertz CT molecular complexity index is 415. The van der Waals surface area contributed by atoms with Crippen LogP contribution < -0.4 is 0 Å². The van der Waals surface area contributed by atoms with Crippen LogP contribution in [-0.2, 0) is 0 Å². The number of furan rings is 1. The smallest absolute Gasteiger partial charge is 0.136 e. The number of aliphatic hydroxyl groups is 1. The molecular formula is C13H12O2. The van der Waals surface area contributed by atoms with Crippen molar-refractivity contribution in [2.75, 3.05) is 0 Å². The fourth-order valence-electron chi connectivity index (χ4n) is 1.32. The van der Waals surface area contributed by atoms with E-state index in [-0.39, 0.29) is 0 Å². The van der Waals surface area contributed by atoms with Crippen LogP contribution in [-0.4, -0.2) is 5.11 Å². The average molecular weight is 200 g/mol. The topological polar surface area (TPSA) is 33.4 Å². The molecular weight excluding hydrogens is 188 g/mol. The molecule has 0 fully saturated rings. The first-order valence-corrected chi connectivity index (χ1v) is 4.81. The Morgan fingerprint density at radius 1 is 1.07 bits per heavy atom. The molecule has 0 saturated carbocycles. The standard InChI is InChI=1S/C13H12O2/c14-12(13-7-4-10-15-13)9-8-11-5-2-1-3-6-11/h1-10,12,14H/b9-8+/t12-/m0/s1. The van der Waals surface area contributed by atoms with Gasteiger partial charge in [-0.25, -0.2) is 0 Å². The summed E-state index contributed by atoms with van der Waals surface area (Å²) in [6, 6.07) is 13.3. The summed E-state index contributed by atoms with van der Waals surface area (Å²) < 4.78 is 5.08. The van der Waals surface area contributed by atoms with E-state index in [0.717, 1.165) is 5.56 Å². The highest BCUT2D eigenvalue weighted by atomic mass is 16.4. The summed E-state index contributed by atoms with van der Waals surface area (Å²) in [6.45, 7) is 0. The molecule has 2 rings (SSSR count). The number of hydrogen-bond donors (Lipinski definition) is 1. The van der Waals surface area contributed by atoms with Gasteiger partial charge in [0.1, 0.15) is 11.9 Å². The van der Waals surface area contributed by atoms with Crippen molar-refractivity contribution in [3.8, 4) is 0 Å². The van der Waals surface area contributed by atoms with Crippen LogP contribution in [0.2, 0.25) is 0 Å². The Morgan fingerprint density at radius 2 is 1.87 bits per heavy atom. The molecule has 1 aromatic heterocycles. The molecule has 0 aliphatic heterocycles. The van der Waals surface area contributed by atoms with Gasteiger partial charge in [0.05, 0.1) is 6.26 Å². The van der Waals surface area contributed by atoms with Crippen molar-refractivity contribution in [3.63, 3.8) is 0 Å². The predicted octanol–water partition coefficient (Wildman–Crippen LogP) is 3.03. The van der Waals surface area contributed by atoms with Crippen LogP contribution in [0, 0.1) is 0 Å². The zero-order chi connectivity index (χ0) is 10.5. The van der Waals surface area contributed by atoms with Crippen molar-refractivity contribution in [2.45, 2.75) is 6.10 Å². The van der Waals surface area contributed by atoms with Crippen LogP contribution in [0.4, 0.5) is 0 Å². The van der Waals surface area contributed by atoms with Gasteiger partial charge >= 0.3 is 0 Å². The zero-order valence-electron chi connectivity index (χ0n) is 8.21. The van der Waals surface area contributed by atoms with Gasteiger partial charge in [-0.3, -0.25) is 0 Å². The van der Waals surface area contributed by atoms with E-state index in [4.69, 9.17) is 4.42 Å². The molecule has 0 spiro atoms. The van der Waals surface area contributed by atoms with Crippen molar-refractivity contribution >= 4 is 6.08 Å². The minimum Gasteiger partial charge on any atom is -0.466 e. The Balaban J connectivity index is 2.06. The summed E-state index contributed by atoms with van der Waals surface area (Å²) in [5.41, 5.74) is 1.06. The Kier molecular flexibility index (Phi) is 3.00. The van der Waals surface area contributed by atoms with Crippen molar-refractivity contribution in [1.82, 2.24) is 0 Å². The fourth-order valence-corrected chi connectivity index (χ4v) is 1.32. The SMILES string of the molecule is O[C@@H](/C=C/c1ccccc1)c1ccco1. The van der Waals surface area contributed by atoms with Gasteiger partial charge in [-0.1, -0.05) is 36.4 Å². The van der Waals surface area contributed by atoms with Gasteiger partial charge in [0.15, 0.2) is 0 Å². The van der Waals surface area contributed by atoms with E-state index in [0.29, 0.717) is 5.76 Å². The molecule has 0 bridgehead atoms. The molecule has 2 aromatic rings. The highest BCUT2D eigenvalue weighted by Gasteiger charge is 2.04. The molecule has 0 unspecified atom stereocenters. The molecule has 1 N–H and O–H groups in total. The lowest BCUT2D eigenvalue weighted by atomic mass is 10.2. The third kappa shape index (κ3) is 2.58. The summed E-state index contributed by atoms with van der Waals surface area (Å²) >= 11 is 0. The number of hydrogen-bond acceptors (Lipinski definition) is 2. The number of aliphatic hydroxyl groups excluding tert-OH is 1. The molecule has 0 radical (unpaired) electrons. The molecule has 15 heavy (non-hydrogen) atoms. The molecule has 2 nitrogen and oxygen atoms in total. The first-order valence-electron chi connectivity index (χ1n) is 4.81. The molecule has 0 aliphatic carbocycles. The molecule has 1 atom stereocenters. The summed E-state index contributed by atoms with van der Waals surface area (Å²) in [6.07, 6.45) is 4.44. The minimum atomic E-state index is -0.680. The molecule has 0 aliphatic rings. The number of rotatable bonds is 3. The van der Waals surface area contributed by atoms with Crippen molar-refractivity contribution < 1.29 is 9.52 Å². The Labute approximate surface area is 88.5 Å². The summed E-state index contributed by atoms with van der Waals surface area (Å²) in [7, 11) is 0. The third-order valence-electron chi connectivity index (χ3n) is 2.11. The van der Waals surface area contributed by atoms with Crippen LogP contribution in [0.15, 0.2) is 59.2 Å². The third-order valence-corrected chi connectivity index (χ3v) is 2.11. The Hall–Kier alpha value is -1.80. The quantitative estimate of drug-likeness (QED) is 0.826. The largest absolute Gasteiger partial charge is 0.466 e. The summed E-state index contributed by atoms with van der Waals surface area (Å²) in [4.78, 5) is 0. The van der Waals surface area contributed by atoms with E-state index in [2.05, 4.69) is 0 Å². The average Bonchev–Trinajstić information content (AvgIpc) is 2.81. The lowest BCUT2D eigenvalue weighted by molar-refractivity contribution is 0.198. The highest BCUT2D eigenvalue weighted by molar-refractivity contribution is 5.49. The molecule has 0 saturated heterocycles. The van der Waals surface area contributed by atoms with Gasteiger partial charge in [0.2, 0.25) is 0 Å². The maximum atomic E-state index is 9.69. The maximum Gasteiger partial charge on any atom is 0.136 e. The summed E-state index contributed by atoms with van der Waals surface area (Å²) in [5, 5.41) is 9.69. The van der Waals surface area contributed by atoms with E-state index in [9.17, 15) is 5.11 Å².